The molecule has 0 aromatic heterocycles. The number of alkyl carbamates (subject to hydrolysis) is 1. The van der Waals surface area contributed by atoms with Crippen molar-refractivity contribution in [1.29, 1.82) is 0 Å². The highest BCUT2D eigenvalue weighted by Gasteiger charge is 2.30. The summed E-state index contributed by atoms with van der Waals surface area (Å²) in [5.74, 6) is 1.02. The van der Waals surface area contributed by atoms with Crippen LogP contribution >= 0.6 is 0 Å². The number of ether oxygens (including phenoxy) is 1. The number of nitrogens with zero attached hydrogens (tertiary/aromatic N) is 1. The molecule has 0 bridgehead atoms. The van der Waals surface area contributed by atoms with E-state index in [-0.39, 0.29) is 24.0 Å². The minimum absolute atomic E-state index is 0.0731. The molecular formula is C17H32N2O3. The monoisotopic (exact) mass is 312 g/mol. The maximum Gasteiger partial charge on any atom is 0.407 e. The zero-order chi connectivity index (χ0) is 16.9. The molecule has 0 aromatic rings. The first-order chi connectivity index (χ1) is 10.1. The smallest absolute Gasteiger partial charge is 0.407 e. The van der Waals surface area contributed by atoms with E-state index in [4.69, 9.17) is 4.74 Å². The zero-order valence-electron chi connectivity index (χ0n) is 14.9. The molecule has 1 saturated heterocycles. The Morgan fingerprint density at radius 1 is 1.32 bits per heavy atom. The Morgan fingerprint density at radius 3 is 2.45 bits per heavy atom. The second-order valence-corrected chi connectivity index (χ2v) is 7.79. The number of carbonyl (C=O) groups excluding carboxylic acids is 2. The van der Waals surface area contributed by atoms with Gasteiger partial charge in [-0.2, -0.15) is 0 Å². The summed E-state index contributed by atoms with van der Waals surface area (Å²) in [6.07, 6.45) is 1.97. The van der Waals surface area contributed by atoms with Crippen molar-refractivity contribution in [3.05, 3.63) is 0 Å². The predicted octanol–water partition coefficient (Wildman–Crippen LogP) is 3.18. The molecule has 1 fully saturated rings. The SMILES string of the molecule is CC(C)CCC(=O)N1CCC(NC(=O)OC(C)(C)C)C(C)C1. The van der Waals surface area contributed by atoms with E-state index in [0.717, 1.165) is 12.8 Å². The molecule has 0 aromatic carbocycles. The minimum atomic E-state index is -0.485. The lowest BCUT2D eigenvalue weighted by Gasteiger charge is -2.37. The quantitative estimate of drug-likeness (QED) is 0.867. The van der Waals surface area contributed by atoms with Crippen LogP contribution in [0, 0.1) is 11.8 Å². The fourth-order valence-corrected chi connectivity index (χ4v) is 2.62. The van der Waals surface area contributed by atoms with Gasteiger partial charge in [-0.25, -0.2) is 4.79 Å². The lowest BCUT2D eigenvalue weighted by atomic mass is 9.93. The zero-order valence-corrected chi connectivity index (χ0v) is 14.9. The number of piperidine rings is 1. The first-order valence-corrected chi connectivity index (χ1v) is 8.35. The van der Waals surface area contributed by atoms with Gasteiger partial charge >= 0.3 is 6.09 Å². The van der Waals surface area contributed by atoms with Crippen LogP contribution in [0.1, 0.15) is 60.8 Å². The lowest BCUT2D eigenvalue weighted by molar-refractivity contribution is -0.133. The molecule has 128 valence electrons. The van der Waals surface area contributed by atoms with E-state index in [0.29, 0.717) is 25.4 Å². The van der Waals surface area contributed by atoms with Gasteiger partial charge in [0.25, 0.3) is 0 Å². The second kappa shape index (κ2) is 7.84. The highest BCUT2D eigenvalue weighted by molar-refractivity contribution is 5.76. The summed E-state index contributed by atoms with van der Waals surface area (Å²) >= 11 is 0. The van der Waals surface area contributed by atoms with Crippen molar-refractivity contribution in [3.63, 3.8) is 0 Å². The maximum absolute atomic E-state index is 12.2. The Balaban J connectivity index is 2.42. The normalized spacial score (nSPS) is 22.6. The van der Waals surface area contributed by atoms with Crippen LogP contribution in [0.4, 0.5) is 4.79 Å². The summed E-state index contributed by atoms with van der Waals surface area (Å²) in [6, 6.07) is 0.0731. The highest BCUT2D eigenvalue weighted by atomic mass is 16.6. The van der Waals surface area contributed by atoms with E-state index in [2.05, 4.69) is 26.1 Å². The van der Waals surface area contributed by atoms with Gasteiger partial charge in [0.05, 0.1) is 0 Å². The number of nitrogens with one attached hydrogen (secondary N) is 1. The van der Waals surface area contributed by atoms with Crippen molar-refractivity contribution in [2.45, 2.75) is 72.4 Å². The molecule has 1 N–H and O–H groups in total. The van der Waals surface area contributed by atoms with Crippen LogP contribution in [0.25, 0.3) is 0 Å². The van der Waals surface area contributed by atoms with E-state index in [9.17, 15) is 9.59 Å². The molecule has 2 amide bonds. The molecular weight excluding hydrogens is 280 g/mol. The van der Waals surface area contributed by atoms with Gasteiger partial charge < -0.3 is 15.0 Å². The molecule has 0 aliphatic carbocycles. The van der Waals surface area contributed by atoms with E-state index in [1.165, 1.54) is 0 Å². The van der Waals surface area contributed by atoms with E-state index in [1.54, 1.807) is 0 Å². The van der Waals surface area contributed by atoms with Crippen LogP contribution in [0.3, 0.4) is 0 Å². The average Bonchev–Trinajstić information content (AvgIpc) is 2.36. The van der Waals surface area contributed by atoms with E-state index in [1.807, 2.05) is 25.7 Å². The van der Waals surface area contributed by atoms with Crippen LogP contribution in [-0.2, 0) is 9.53 Å². The summed E-state index contributed by atoms with van der Waals surface area (Å²) in [6.45, 7) is 13.3. The second-order valence-electron chi connectivity index (χ2n) is 7.79. The van der Waals surface area contributed by atoms with Gasteiger partial charge in [0.2, 0.25) is 5.91 Å². The van der Waals surface area contributed by atoms with Crippen LogP contribution in [0.2, 0.25) is 0 Å². The molecule has 2 atom stereocenters. The van der Waals surface area contributed by atoms with Crippen LogP contribution in [-0.4, -0.2) is 41.6 Å². The molecule has 1 rings (SSSR count). The Bertz CT molecular complexity index is 388. The predicted molar refractivity (Wildman–Crippen MR) is 87.6 cm³/mol. The van der Waals surface area contributed by atoms with E-state index >= 15 is 0 Å². The summed E-state index contributed by atoms with van der Waals surface area (Å²) in [7, 11) is 0. The van der Waals surface area contributed by atoms with Gasteiger partial charge in [0.15, 0.2) is 0 Å². The fourth-order valence-electron chi connectivity index (χ4n) is 2.62. The first kappa shape index (κ1) is 18.8. The van der Waals surface area contributed by atoms with Crippen LogP contribution in [0.5, 0.6) is 0 Å². The number of rotatable bonds is 4. The topological polar surface area (TPSA) is 58.6 Å². The molecule has 0 saturated carbocycles. The third-order valence-electron chi connectivity index (χ3n) is 3.90. The van der Waals surface area contributed by atoms with Crippen LogP contribution in [0.15, 0.2) is 0 Å². The van der Waals surface area contributed by atoms with Crippen molar-refractivity contribution in [3.8, 4) is 0 Å². The van der Waals surface area contributed by atoms with Crippen molar-refractivity contribution in [2.24, 2.45) is 11.8 Å². The number of carbonyl (C=O) groups is 2. The average molecular weight is 312 g/mol. The van der Waals surface area contributed by atoms with Crippen molar-refractivity contribution in [1.82, 2.24) is 10.2 Å². The molecule has 1 aliphatic rings. The van der Waals surface area contributed by atoms with Crippen molar-refractivity contribution in [2.75, 3.05) is 13.1 Å². The number of likely N-dealkylation sites (tertiary alicyclic amines) is 1. The third kappa shape index (κ3) is 6.67. The Morgan fingerprint density at radius 2 is 1.95 bits per heavy atom. The Hall–Kier alpha value is -1.26. The summed E-state index contributed by atoms with van der Waals surface area (Å²) in [4.78, 5) is 26.0. The Labute approximate surface area is 134 Å². The molecule has 5 heteroatoms. The molecule has 0 spiro atoms. The van der Waals surface area contributed by atoms with Crippen LogP contribution < -0.4 is 5.32 Å². The summed E-state index contributed by atoms with van der Waals surface area (Å²) in [5, 5.41) is 2.94. The fraction of sp³-hybridized carbons (Fsp3) is 0.882. The van der Waals surface area contributed by atoms with Crippen molar-refractivity contribution < 1.29 is 14.3 Å². The standard InChI is InChI=1S/C17H32N2O3/c1-12(2)7-8-15(20)19-10-9-14(13(3)11-19)18-16(21)22-17(4,5)6/h12-14H,7-11H2,1-6H3,(H,18,21). The number of amides is 2. The number of hydrogen-bond acceptors (Lipinski definition) is 3. The third-order valence-corrected chi connectivity index (χ3v) is 3.90. The van der Waals surface area contributed by atoms with Gasteiger partial charge in [-0.3, -0.25) is 4.79 Å². The van der Waals surface area contributed by atoms with E-state index < -0.39 is 5.60 Å². The van der Waals surface area contributed by atoms with Gasteiger partial charge in [0.1, 0.15) is 5.60 Å². The Kier molecular flexibility index (Phi) is 6.69. The maximum atomic E-state index is 12.2. The lowest BCUT2D eigenvalue weighted by Crippen LogP contribution is -2.52. The molecule has 1 aliphatic heterocycles. The summed E-state index contributed by atoms with van der Waals surface area (Å²) in [5.41, 5.74) is -0.485. The van der Waals surface area contributed by atoms with Crippen molar-refractivity contribution >= 4 is 12.0 Å². The molecule has 2 unspecified atom stereocenters. The molecule has 1 heterocycles. The minimum Gasteiger partial charge on any atom is -0.444 e. The van der Waals surface area contributed by atoms with Gasteiger partial charge in [0, 0.05) is 25.6 Å². The molecule has 5 nitrogen and oxygen atoms in total. The van der Waals surface area contributed by atoms with Gasteiger partial charge in [-0.15, -0.1) is 0 Å². The van der Waals surface area contributed by atoms with Gasteiger partial charge in [-0.1, -0.05) is 20.8 Å². The summed E-state index contributed by atoms with van der Waals surface area (Å²) < 4.78 is 5.30. The van der Waals surface area contributed by atoms with Gasteiger partial charge in [-0.05, 0) is 45.4 Å². The largest absolute Gasteiger partial charge is 0.444 e. The molecule has 0 radical (unpaired) electrons. The molecule has 22 heavy (non-hydrogen) atoms. The highest BCUT2D eigenvalue weighted by Crippen LogP contribution is 2.19. The first-order valence-electron chi connectivity index (χ1n) is 8.35. The number of hydrogen-bond donors (Lipinski definition) is 1.